The zero-order valence-corrected chi connectivity index (χ0v) is 6.46. The van der Waals surface area contributed by atoms with E-state index in [2.05, 4.69) is 10.3 Å². The molecule has 0 spiro atoms. The maximum Gasteiger partial charge on any atom is 0.252 e. The van der Waals surface area contributed by atoms with Crippen LogP contribution in [0.1, 0.15) is 10.4 Å². The van der Waals surface area contributed by atoms with Crippen molar-refractivity contribution in [3.8, 4) is 0 Å². The van der Waals surface area contributed by atoms with E-state index >= 15 is 0 Å². The van der Waals surface area contributed by atoms with E-state index in [1.54, 1.807) is 18.3 Å². The van der Waals surface area contributed by atoms with Gasteiger partial charge in [0.05, 0.1) is 5.56 Å². The first kappa shape index (κ1) is 8.64. The highest BCUT2D eigenvalue weighted by atomic mass is 19.1. The van der Waals surface area contributed by atoms with Crippen LogP contribution in [0.15, 0.2) is 24.5 Å². The molecule has 0 aromatic carbocycles. The predicted molar refractivity (Wildman–Crippen MR) is 42.5 cm³/mol. The summed E-state index contributed by atoms with van der Waals surface area (Å²) in [5, 5.41) is 2.39. The maximum absolute atomic E-state index is 11.6. The molecule has 1 heterocycles. The summed E-state index contributed by atoms with van der Waals surface area (Å²) in [6.07, 6.45) is 3.01. The molecule has 1 amide bonds. The molecule has 1 rings (SSSR count). The summed E-state index contributed by atoms with van der Waals surface area (Å²) in [6.45, 7) is -0.500. The maximum atomic E-state index is 11.6. The molecular weight excluding hydrogens is 159 g/mol. The van der Waals surface area contributed by atoms with Gasteiger partial charge in [-0.15, -0.1) is 0 Å². The van der Waals surface area contributed by atoms with E-state index in [9.17, 15) is 9.18 Å². The number of rotatable bonds is 3. The van der Waals surface area contributed by atoms with Gasteiger partial charge >= 0.3 is 0 Å². The quantitative estimate of drug-likeness (QED) is 0.724. The summed E-state index contributed by atoms with van der Waals surface area (Å²) >= 11 is 0. The van der Waals surface area contributed by atoms with Crippen molar-refractivity contribution in [2.24, 2.45) is 0 Å². The molecule has 0 aliphatic rings. The highest BCUT2D eigenvalue weighted by Crippen LogP contribution is 1.93. The summed E-state index contributed by atoms with van der Waals surface area (Å²) in [4.78, 5) is 14.8. The zero-order chi connectivity index (χ0) is 8.81. The lowest BCUT2D eigenvalue weighted by atomic mass is 10.3. The van der Waals surface area contributed by atoms with E-state index in [4.69, 9.17) is 0 Å². The van der Waals surface area contributed by atoms with Gasteiger partial charge in [0, 0.05) is 18.9 Å². The molecule has 0 unspecified atom stereocenters. The van der Waals surface area contributed by atoms with Crippen molar-refractivity contribution in [1.82, 2.24) is 10.3 Å². The van der Waals surface area contributed by atoms with Crippen molar-refractivity contribution in [2.75, 3.05) is 13.2 Å². The highest BCUT2D eigenvalue weighted by molar-refractivity contribution is 5.93. The second-order valence-electron chi connectivity index (χ2n) is 2.19. The fraction of sp³-hybridized carbons (Fsp3) is 0.250. The van der Waals surface area contributed by atoms with Gasteiger partial charge in [0.2, 0.25) is 0 Å². The van der Waals surface area contributed by atoms with Crippen LogP contribution in [0.3, 0.4) is 0 Å². The summed E-state index contributed by atoms with van der Waals surface area (Å²) in [7, 11) is 0. The van der Waals surface area contributed by atoms with Gasteiger partial charge in [0.1, 0.15) is 6.67 Å². The molecule has 0 saturated heterocycles. The van der Waals surface area contributed by atoms with Gasteiger partial charge in [-0.3, -0.25) is 9.78 Å². The first-order chi connectivity index (χ1) is 5.84. The van der Waals surface area contributed by atoms with E-state index in [0.717, 1.165) is 0 Å². The monoisotopic (exact) mass is 168 g/mol. The van der Waals surface area contributed by atoms with Crippen molar-refractivity contribution in [1.29, 1.82) is 0 Å². The first-order valence-electron chi connectivity index (χ1n) is 3.59. The van der Waals surface area contributed by atoms with Crippen LogP contribution >= 0.6 is 0 Å². The van der Waals surface area contributed by atoms with Crippen molar-refractivity contribution in [3.63, 3.8) is 0 Å². The van der Waals surface area contributed by atoms with Gasteiger partial charge in [-0.2, -0.15) is 0 Å². The number of pyridine rings is 1. The van der Waals surface area contributed by atoms with Gasteiger partial charge in [-0.05, 0) is 12.1 Å². The molecule has 0 bridgehead atoms. The minimum atomic E-state index is -0.550. The molecule has 0 saturated carbocycles. The number of halogens is 1. The van der Waals surface area contributed by atoms with Crippen LogP contribution in [0.2, 0.25) is 0 Å². The number of hydrogen-bond acceptors (Lipinski definition) is 2. The third kappa shape index (κ3) is 2.30. The van der Waals surface area contributed by atoms with Crippen molar-refractivity contribution < 1.29 is 9.18 Å². The van der Waals surface area contributed by atoms with Gasteiger partial charge in [0.15, 0.2) is 0 Å². The Morgan fingerprint density at radius 1 is 1.67 bits per heavy atom. The number of aromatic nitrogens is 1. The number of alkyl halides is 1. The molecule has 3 nitrogen and oxygen atoms in total. The molecule has 0 aliphatic heterocycles. The number of nitrogens with one attached hydrogen (secondary N) is 1. The Kier molecular flexibility index (Phi) is 3.19. The normalized spacial score (nSPS) is 9.42. The minimum Gasteiger partial charge on any atom is -0.349 e. The summed E-state index contributed by atoms with van der Waals surface area (Å²) in [5.41, 5.74) is 0.450. The van der Waals surface area contributed by atoms with Crippen molar-refractivity contribution >= 4 is 5.91 Å². The summed E-state index contributed by atoms with van der Waals surface area (Å²) in [6, 6.07) is 3.28. The van der Waals surface area contributed by atoms with Crippen LogP contribution in [0, 0.1) is 0 Å². The van der Waals surface area contributed by atoms with Gasteiger partial charge in [-0.1, -0.05) is 0 Å². The largest absolute Gasteiger partial charge is 0.349 e. The van der Waals surface area contributed by atoms with E-state index in [-0.39, 0.29) is 12.5 Å². The van der Waals surface area contributed by atoms with E-state index < -0.39 is 6.67 Å². The van der Waals surface area contributed by atoms with Crippen LogP contribution in [0.4, 0.5) is 4.39 Å². The number of amides is 1. The van der Waals surface area contributed by atoms with Crippen molar-refractivity contribution in [3.05, 3.63) is 30.1 Å². The molecule has 0 aliphatic carbocycles. The van der Waals surface area contributed by atoms with E-state index in [0.29, 0.717) is 5.56 Å². The van der Waals surface area contributed by atoms with Gasteiger partial charge < -0.3 is 5.32 Å². The lowest BCUT2D eigenvalue weighted by Gasteiger charge is -2.00. The summed E-state index contributed by atoms with van der Waals surface area (Å²) < 4.78 is 11.6. The predicted octanol–water partition coefficient (Wildman–Crippen LogP) is 0.781. The molecule has 0 atom stereocenters. The standard InChI is InChI=1S/C8H9FN2O/c9-3-5-11-8(12)7-2-1-4-10-6-7/h1-2,4,6H,3,5H2,(H,11,12). The average Bonchev–Trinajstić information content (AvgIpc) is 2.15. The highest BCUT2D eigenvalue weighted by Gasteiger charge is 2.02. The third-order valence-electron chi connectivity index (χ3n) is 1.30. The minimum absolute atomic E-state index is 0.0493. The number of carbonyl (C=O) groups is 1. The Balaban J connectivity index is 2.54. The molecule has 12 heavy (non-hydrogen) atoms. The van der Waals surface area contributed by atoms with Gasteiger partial charge in [-0.25, -0.2) is 4.39 Å². The fourth-order valence-corrected chi connectivity index (χ4v) is 0.760. The molecule has 4 heteroatoms. The molecular formula is C8H9FN2O. The molecule has 0 radical (unpaired) electrons. The molecule has 1 aromatic rings. The lowest BCUT2D eigenvalue weighted by Crippen LogP contribution is -2.25. The average molecular weight is 168 g/mol. The second-order valence-corrected chi connectivity index (χ2v) is 2.19. The first-order valence-corrected chi connectivity index (χ1v) is 3.59. The van der Waals surface area contributed by atoms with Crippen LogP contribution < -0.4 is 5.32 Å². The number of carbonyl (C=O) groups excluding carboxylic acids is 1. The fourth-order valence-electron chi connectivity index (χ4n) is 0.760. The van der Waals surface area contributed by atoms with Crippen LogP contribution in [0.25, 0.3) is 0 Å². The number of nitrogens with zero attached hydrogens (tertiary/aromatic N) is 1. The lowest BCUT2D eigenvalue weighted by molar-refractivity contribution is 0.0950. The molecule has 64 valence electrons. The Hall–Kier alpha value is -1.45. The SMILES string of the molecule is O=C(NCCF)c1cccnc1. The van der Waals surface area contributed by atoms with Gasteiger partial charge in [0.25, 0.3) is 5.91 Å². The third-order valence-corrected chi connectivity index (χ3v) is 1.30. The molecule has 0 fully saturated rings. The molecule has 1 aromatic heterocycles. The van der Waals surface area contributed by atoms with Crippen LogP contribution in [-0.2, 0) is 0 Å². The Morgan fingerprint density at radius 3 is 3.08 bits per heavy atom. The smallest absolute Gasteiger partial charge is 0.252 e. The van der Waals surface area contributed by atoms with E-state index in [1.807, 2.05) is 0 Å². The Bertz CT molecular complexity index is 250. The van der Waals surface area contributed by atoms with Crippen LogP contribution in [-0.4, -0.2) is 24.1 Å². The number of hydrogen-bond donors (Lipinski definition) is 1. The topological polar surface area (TPSA) is 42.0 Å². The van der Waals surface area contributed by atoms with E-state index in [1.165, 1.54) is 6.20 Å². The Labute approximate surface area is 69.6 Å². The Morgan fingerprint density at radius 2 is 2.50 bits per heavy atom. The molecule has 1 N–H and O–H groups in total. The second kappa shape index (κ2) is 4.43. The van der Waals surface area contributed by atoms with Crippen molar-refractivity contribution in [2.45, 2.75) is 0 Å². The summed E-state index contributed by atoms with van der Waals surface area (Å²) in [5.74, 6) is -0.291. The van der Waals surface area contributed by atoms with Crippen LogP contribution in [0.5, 0.6) is 0 Å². The zero-order valence-electron chi connectivity index (χ0n) is 6.46.